The normalized spacial score (nSPS) is 12.2. The number of hydrogen-bond donors (Lipinski definition) is 2. The van der Waals surface area contributed by atoms with Crippen LogP contribution in [-0.2, 0) is 4.74 Å². The fraction of sp³-hybridized carbons (Fsp3) is 0.364. The Morgan fingerprint density at radius 3 is 2.88 bits per heavy atom. The predicted octanol–water partition coefficient (Wildman–Crippen LogP) is 1.84. The SMILES string of the molecule is COCC(O)CNC(=O)c1cc(Cl)cc(Br)c1. The van der Waals surface area contributed by atoms with Crippen molar-refractivity contribution in [1.29, 1.82) is 0 Å². The molecule has 1 aromatic carbocycles. The van der Waals surface area contributed by atoms with Gasteiger partial charge in [0.15, 0.2) is 0 Å². The number of rotatable bonds is 5. The minimum Gasteiger partial charge on any atom is -0.389 e. The first kappa shape index (κ1) is 14.4. The van der Waals surface area contributed by atoms with Crippen molar-refractivity contribution in [3.05, 3.63) is 33.3 Å². The predicted molar refractivity (Wildman–Crippen MR) is 69.4 cm³/mol. The van der Waals surface area contributed by atoms with Crippen molar-refractivity contribution in [1.82, 2.24) is 5.32 Å². The number of aliphatic hydroxyl groups is 1. The van der Waals surface area contributed by atoms with E-state index < -0.39 is 6.10 Å². The number of benzene rings is 1. The second-order valence-electron chi connectivity index (χ2n) is 3.48. The molecule has 1 aromatic rings. The highest BCUT2D eigenvalue weighted by Gasteiger charge is 2.10. The van der Waals surface area contributed by atoms with E-state index in [1.54, 1.807) is 18.2 Å². The van der Waals surface area contributed by atoms with Gasteiger partial charge >= 0.3 is 0 Å². The smallest absolute Gasteiger partial charge is 0.251 e. The Labute approximate surface area is 113 Å². The van der Waals surface area contributed by atoms with Gasteiger partial charge in [-0.1, -0.05) is 27.5 Å². The highest BCUT2D eigenvalue weighted by atomic mass is 79.9. The maximum atomic E-state index is 11.7. The standard InChI is InChI=1S/C11H13BrClNO3/c1-17-6-10(15)5-14-11(16)7-2-8(12)4-9(13)3-7/h2-4,10,15H,5-6H2,1H3,(H,14,16). The van der Waals surface area contributed by atoms with Crippen LogP contribution in [0.15, 0.2) is 22.7 Å². The maximum Gasteiger partial charge on any atom is 0.251 e. The molecule has 2 N–H and O–H groups in total. The third-order valence-electron chi connectivity index (χ3n) is 1.98. The van der Waals surface area contributed by atoms with Crippen LogP contribution in [0.5, 0.6) is 0 Å². The molecule has 94 valence electrons. The second kappa shape index (κ2) is 6.96. The minimum atomic E-state index is -0.716. The molecular weight excluding hydrogens is 309 g/mol. The lowest BCUT2D eigenvalue weighted by molar-refractivity contribution is 0.0610. The summed E-state index contributed by atoms with van der Waals surface area (Å²) in [5.74, 6) is -0.289. The molecule has 0 radical (unpaired) electrons. The summed E-state index contributed by atoms with van der Waals surface area (Å²) in [5, 5.41) is 12.4. The molecule has 1 unspecified atom stereocenters. The van der Waals surface area contributed by atoms with Gasteiger partial charge in [0, 0.05) is 28.7 Å². The van der Waals surface area contributed by atoms with Crippen LogP contribution < -0.4 is 5.32 Å². The molecule has 1 atom stereocenters. The Kier molecular flexibility index (Phi) is 5.91. The number of nitrogens with one attached hydrogen (secondary N) is 1. The molecule has 0 heterocycles. The molecule has 1 rings (SSSR count). The summed E-state index contributed by atoms with van der Waals surface area (Å²) in [4.78, 5) is 11.7. The van der Waals surface area contributed by atoms with Crippen LogP contribution in [-0.4, -0.2) is 37.4 Å². The number of amides is 1. The Balaban J connectivity index is 2.58. The van der Waals surface area contributed by atoms with E-state index in [2.05, 4.69) is 21.2 Å². The van der Waals surface area contributed by atoms with Crippen LogP contribution in [0, 0.1) is 0 Å². The summed E-state index contributed by atoms with van der Waals surface area (Å²) in [7, 11) is 1.49. The van der Waals surface area contributed by atoms with Gasteiger partial charge in [-0.15, -0.1) is 0 Å². The van der Waals surface area contributed by atoms with E-state index in [1.165, 1.54) is 7.11 Å². The molecule has 0 saturated carbocycles. The number of carbonyl (C=O) groups is 1. The molecule has 0 aliphatic rings. The monoisotopic (exact) mass is 321 g/mol. The van der Waals surface area contributed by atoms with E-state index in [-0.39, 0.29) is 19.1 Å². The zero-order valence-electron chi connectivity index (χ0n) is 9.24. The third kappa shape index (κ3) is 5.04. The summed E-state index contributed by atoms with van der Waals surface area (Å²) >= 11 is 9.08. The van der Waals surface area contributed by atoms with E-state index in [9.17, 15) is 9.90 Å². The van der Waals surface area contributed by atoms with Crippen LogP contribution in [0.4, 0.5) is 0 Å². The molecule has 17 heavy (non-hydrogen) atoms. The zero-order valence-corrected chi connectivity index (χ0v) is 11.6. The quantitative estimate of drug-likeness (QED) is 0.869. The van der Waals surface area contributed by atoms with Crippen LogP contribution in [0.1, 0.15) is 10.4 Å². The molecule has 0 aromatic heterocycles. The Hall–Kier alpha value is -0.620. The van der Waals surface area contributed by atoms with Gasteiger partial charge in [-0.25, -0.2) is 0 Å². The first-order valence-corrected chi connectivity index (χ1v) is 6.11. The Morgan fingerprint density at radius 2 is 2.29 bits per heavy atom. The van der Waals surface area contributed by atoms with Crippen molar-refractivity contribution in [2.75, 3.05) is 20.3 Å². The number of hydrogen-bond acceptors (Lipinski definition) is 3. The van der Waals surface area contributed by atoms with Gasteiger partial charge < -0.3 is 15.2 Å². The van der Waals surface area contributed by atoms with Crippen molar-refractivity contribution < 1.29 is 14.6 Å². The number of ether oxygens (including phenoxy) is 1. The summed E-state index contributed by atoms with van der Waals surface area (Å²) in [6.07, 6.45) is -0.716. The highest BCUT2D eigenvalue weighted by molar-refractivity contribution is 9.10. The minimum absolute atomic E-state index is 0.136. The van der Waals surface area contributed by atoms with Gasteiger partial charge in [-0.2, -0.15) is 0 Å². The third-order valence-corrected chi connectivity index (χ3v) is 2.66. The summed E-state index contributed by atoms with van der Waals surface area (Å²) < 4.78 is 5.48. The number of aliphatic hydroxyl groups excluding tert-OH is 1. The van der Waals surface area contributed by atoms with Crippen LogP contribution >= 0.6 is 27.5 Å². The topological polar surface area (TPSA) is 58.6 Å². The average Bonchev–Trinajstić information content (AvgIpc) is 2.25. The van der Waals surface area contributed by atoms with E-state index in [4.69, 9.17) is 16.3 Å². The van der Waals surface area contributed by atoms with Gasteiger partial charge in [-0.05, 0) is 18.2 Å². The van der Waals surface area contributed by atoms with Crippen LogP contribution in [0.3, 0.4) is 0 Å². The van der Waals surface area contributed by atoms with Gasteiger partial charge in [0.25, 0.3) is 5.91 Å². The Bertz CT molecular complexity index is 380. The van der Waals surface area contributed by atoms with Gasteiger partial charge in [0.1, 0.15) is 0 Å². The number of halogens is 2. The molecule has 1 amide bonds. The van der Waals surface area contributed by atoms with Gasteiger partial charge in [0.2, 0.25) is 0 Å². The first-order chi connectivity index (χ1) is 8.02. The lowest BCUT2D eigenvalue weighted by Crippen LogP contribution is -2.34. The summed E-state index contributed by atoms with van der Waals surface area (Å²) in [6, 6.07) is 4.91. The molecular formula is C11H13BrClNO3. The summed E-state index contributed by atoms with van der Waals surface area (Å²) in [5.41, 5.74) is 0.439. The van der Waals surface area contributed by atoms with Gasteiger partial charge in [-0.3, -0.25) is 4.79 Å². The second-order valence-corrected chi connectivity index (χ2v) is 4.83. The largest absolute Gasteiger partial charge is 0.389 e. The molecule has 0 aliphatic heterocycles. The van der Waals surface area contributed by atoms with Crippen molar-refractivity contribution in [2.45, 2.75) is 6.10 Å². The van der Waals surface area contributed by atoms with Crippen LogP contribution in [0.2, 0.25) is 5.02 Å². The fourth-order valence-electron chi connectivity index (χ4n) is 1.25. The molecule has 6 heteroatoms. The van der Waals surface area contributed by atoms with Crippen molar-refractivity contribution in [3.63, 3.8) is 0 Å². The number of carbonyl (C=O) groups excluding carboxylic acids is 1. The molecule has 0 bridgehead atoms. The highest BCUT2D eigenvalue weighted by Crippen LogP contribution is 2.19. The average molecular weight is 323 g/mol. The van der Waals surface area contributed by atoms with Crippen LogP contribution in [0.25, 0.3) is 0 Å². The molecule has 0 fully saturated rings. The van der Waals surface area contributed by atoms with E-state index in [0.717, 1.165) is 4.47 Å². The molecule has 4 nitrogen and oxygen atoms in total. The molecule has 0 saturated heterocycles. The van der Waals surface area contributed by atoms with Gasteiger partial charge in [0.05, 0.1) is 12.7 Å². The lowest BCUT2D eigenvalue weighted by Gasteiger charge is -2.11. The maximum absolute atomic E-state index is 11.7. The van der Waals surface area contributed by atoms with Crippen molar-refractivity contribution in [3.8, 4) is 0 Å². The van der Waals surface area contributed by atoms with E-state index in [1.807, 2.05) is 0 Å². The molecule has 0 spiro atoms. The lowest BCUT2D eigenvalue weighted by atomic mass is 10.2. The van der Waals surface area contributed by atoms with E-state index >= 15 is 0 Å². The zero-order chi connectivity index (χ0) is 12.8. The molecule has 0 aliphatic carbocycles. The summed E-state index contributed by atoms with van der Waals surface area (Å²) in [6.45, 7) is 0.316. The van der Waals surface area contributed by atoms with Crippen molar-refractivity contribution in [2.24, 2.45) is 0 Å². The van der Waals surface area contributed by atoms with E-state index in [0.29, 0.717) is 10.6 Å². The Morgan fingerprint density at radius 1 is 1.59 bits per heavy atom. The first-order valence-electron chi connectivity index (χ1n) is 4.94. The number of methoxy groups -OCH3 is 1. The van der Waals surface area contributed by atoms with Crippen molar-refractivity contribution >= 4 is 33.4 Å². The fourth-order valence-corrected chi connectivity index (χ4v) is 2.11.